The van der Waals surface area contributed by atoms with Gasteiger partial charge in [-0.2, -0.15) is 0 Å². The third kappa shape index (κ3) is 6.16. The zero-order valence-electron chi connectivity index (χ0n) is 15.7. The van der Waals surface area contributed by atoms with E-state index in [0.717, 1.165) is 12.1 Å². The molecule has 1 aliphatic rings. The van der Waals surface area contributed by atoms with Crippen molar-refractivity contribution < 1.29 is 9.59 Å². The van der Waals surface area contributed by atoms with E-state index in [1.165, 1.54) is 32.1 Å². The fraction of sp³-hybridized carbons (Fsp3) is 0.600. The first-order valence-electron chi connectivity index (χ1n) is 9.40. The molecule has 2 amide bonds. The number of likely N-dealkylation sites (N-methyl/N-ethyl adjacent to an activating group) is 1. The molecule has 0 aliphatic heterocycles. The quantitative estimate of drug-likeness (QED) is 0.796. The molecule has 1 unspecified atom stereocenters. The van der Waals surface area contributed by atoms with Crippen molar-refractivity contribution in [2.75, 3.05) is 18.9 Å². The molecule has 5 nitrogen and oxygen atoms in total. The average molecular weight is 345 g/mol. The van der Waals surface area contributed by atoms with Crippen LogP contribution in [0.1, 0.15) is 62.7 Å². The molecule has 2 rings (SSSR count). The van der Waals surface area contributed by atoms with E-state index in [2.05, 4.69) is 15.5 Å². The van der Waals surface area contributed by atoms with E-state index in [1.54, 1.807) is 24.3 Å². The zero-order chi connectivity index (χ0) is 18.2. The maximum Gasteiger partial charge on any atom is 0.251 e. The molecule has 0 aromatic heterocycles. The Bertz CT molecular complexity index is 565. The van der Waals surface area contributed by atoms with Crippen LogP contribution in [0, 0.1) is 0 Å². The molecule has 1 aliphatic carbocycles. The van der Waals surface area contributed by atoms with E-state index in [1.807, 2.05) is 20.9 Å². The van der Waals surface area contributed by atoms with E-state index < -0.39 is 0 Å². The normalized spacial score (nSPS) is 16.5. The van der Waals surface area contributed by atoms with Gasteiger partial charge in [0.2, 0.25) is 5.91 Å². The summed E-state index contributed by atoms with van der Waals surface area (Å²) >= 11 is 0. The van der Waals surface area contributed by atoms with Crippen LogP contribution < -0.4 is 10.6 Å². The van der Waals surface area contributed by atoms with Gasteiger partial charge in [-0.1, -0.05) is 26.2 Å². The summed E-state index contributed by atoms with van der Waals surface area (Å²) < 4.78 is 0. The maximum atomic E-state index is 12.2. The number of nitrogens with one attached hydrogen (secondary N) is 2. The van der Waals surface area contributed by atoms with Crippen molar-refractivity contribution in [1.82, 2.24) is 10.2 Å². The number of nitrogens with zero attached hydrogens (tertiary/aromatic N) is 1. The van der Waals surface area contributed by atoms with E-state index in [0.29, 0.717) is 18.2 Å². The number of benzene rings is 1. The van der Waals surface area contributed by atoms with Gasteiger partial charge in [0, 0.05) is 23.3 Å². The van der Waals surface area contributed by atoms with Gasteiger partial charge in [-0.15, -0.1) is 0 Å². The second-order valence-corrected chi connectivity index (χ2v) is 7.12. The summed E-state index contributed by atoms with van der Waals surface area (Å²) in [7, 11) is 2.03. The Morgan fingerprint density at radius 3 is 2.40 bits per heavy atom. The number of anilines is 1. The molecule has 5 heteroatoms. The summed E-state index contributed by atoms with van der Waals surface area (Å²) in [6.45, 7) is 4.42. The highest BCUT2D eigenvalue weighted by Crippen LogP contribution is 2.21. The van der Waals surface area contributed by atoms with E-state index in [9.17, 15) is 9.59 Å². The predicted octanol–water partition coefficient (Wildman–Crippen LogP) is 3.42. The number of amides is 2. The smallest absolute Gasteiger partial charge is 0.251 e. The van der Waals surface area contributed by atoms with Crippen LogP contribution in [0.4, 0.5) is 5.69 Å². The molecule has 0 bridgehead atoms. The van der Waals surface area contributed by atoms with Crippen LogP contribution in [-0.2, 0) is 4.79 Å². The van der Waals surface area contributed by atoms with Crippen molar-refractivity contribution in [2.24, 2.45) is 0 Å². The van der Waals surface area contributed by atoms with E-state index in [-0.39, 0.29) is 17.9 Å². The summed E-state index contributed by atoms with van der Waals surface area (Å²) in [6.07, 6.45) is 7.10. The Morgan fingerprint density at radius 2 is 1.80 bits per heavy atom. The van der Waals surface area contributed by atoms with Crippen LogP contribution >= 0.6 is 0 Å². The van der Waals surface area contributed by atoms with E-state index in [4.69, 9.17) is 0 Å². The van der Waals surface area contributed by atoms with Gasteiger partial charge in [-0.05, 0) is 57.5 Å². The maximum absolute atomic E-state index is 12.2. The van der Waals surface area contributed by atoms with Crippen LogP contribution in [0.3, 0.4) is 0 Å². The molecular formula is C20H31N3O2. The molecule has 1 aromatic carbocycles. The Labute approximate surface area is 151 Å². The number of hydrogen-bond acceptors (Lipinski definition) is 3. The molecule has 0 heterocycles. The fourth-order valence-electron chi connectivity index (χ4n) is 3.19. The SMILES string of the molecule is CCC(C)NC(=O)c1ccc(NC(=O)CN(C)C2CCCCC2)cc1. The molecule has 138 valence electrons. The van der Waals surface area contributed by atoms with Crippen LogP contribution in [0.5, 0.6) is 0 Å². The summed E-state index contributed by atoms with van der Waals surface area (Å²) in [4.78, 5) is 26.5. The van der Waals surface area contributed by atoms with Gasteiger partial charge in [0.05, 0.1) is 6.54 Å². The lowest BCUT2D eigenvalue weighted by molar-refractivity contribution is -0.117. The van der Waals surface area contributed by atoms with Crippen molar-refractivity contribution in [3.8, 4) is 0 Å². The minimum atomic E-state index is -0.0794. The van der Waals surface area contributed by atoms with Crippen LogP contribution in [0.25, 0.3) is 0 Å². The number of carbonyl (C=O) groups excluding carboxylic acids is 2. The Balaban J connectivity index is 1.83. The molecule has 25 heavy (non-hydrogen) atoms. The first-order valence-corrected chi connectivity index (χ1v) is 9.40. The fourth-order valence-corrected chi connectivity index (χ4v) is 3.19. The van der Waals surface area contributed by atoms with Crippen LogP contribution in [0.15, 0.2) is 24.3 Å². The van der Waals surface area contributed by atoms with Gasteiger partial charge in [0.1, 0.15) is 0 Å². The molecule has 0 radical (unpaired) electrons. The van der Waals surface area contributed by atoms with Gasteiger partial charge >= 0.3 is 0 Å². The third-order valence-corrected chi connectivity index (χ3v) is 5.01. The lowest BCUT2D eigenvalue weighted by Gasteiger charge is -2.30. The van der Waals surface area contributed by atoms with Crippen LogP contribution in [0.2, 0.25) is 0 Å². The highest BCUT2D eigenvalue weighted by molar-refractivity contribution is 5.96. The Kier molecular flexibility index (Phi) is 7.44. The van der Waals surface area contributed by atoms with Gasteiger partial charge in [0.25, 0.3) is 5.91 Å². The highest BCUT2D eigenvalue weighted by atomic mass is 16.2. The Hall–Kier alpha value is -1.88. The molecular weight excluding hydrogens is 314 g/mol. The second-order valence-electron chi connectivity index (χ2n) is 7.12. The second kappa shape index (κ2) is 9.56. The van der Waals surface area contributed by atoms with Crippen LogP contribution in [-0.4, -0.2) is 42.4 Å². The predicted molar refractivity (Wildman–Crippen MR) is 102 cm³/mol. The summed E-state index contributed by atoms with van der Waals surface area (Å²) in [5.74, 6) is -0.0888. The van der Waals surface area contributed by atoms with Crippen molar-refractivity contribution in [3.63, 3.8) is 0 Å². The largest absolute Gasteiger partial charge is 0.350 e. The molecule has 0 saturated heterocycles. The summed E-state index contributed by atoms with van der Waals surface area (Å²) in [5.41, 5.74) is 1.33. The number of carbonyl (C=O) groups is 2. The minimum absolute atomic E-state index is 0.00937. The summed E-state index contributed by atoms with van der Waals surface area (Å²) in [6, 6.07) is 7.73. The van der Waals surface area contributed by atoms with Gasteiger partial charge in [-0.3, -0.25) is 14.5 Å². The van der Waals surface area contributed by atoms with Crippen molar-refractivity contribution in [2.45, 2.75) is 64.5 Å². The Morgan fingerprint density at radius 1 is 1.16 bits per heavy atom. The van der Waals surface area contributed by atoms with Gasteiger partial charge in [-0.25, -0.2) is 0 Å². The molecule has 1 fully saturated rings. The van der Waals surface area contributed by atoms with Crippen molar-refractivity contribution >= 4 is 17.5 Å². The molecule has 1 saturated carbocycles. The molecule has 1 aromatic rings. The molecule has 0 spiro atoms. The third-order valence-electron chi connectivity index (χ3n) is 5.01. The lowest BCUT2D eigenvalue weighted by Crippen LogP contribution is -2.39. The minimum Gasteiger partial charge on any atom is -0.350 e. The highest BCUT2D eigenvalue weighted by Gasteiger charge is 2.19. The average Bonchev–Trinajstić information content (AvgIpc) is 2.62. The van der Waals surface area contributed by atoms with Crippen molar-refractivity contribution in [3.05, 3.63) is 29.8 Å². The van der Waals surface area contributed by atoms with Gasteiger partial charge in [0.15, 0.2) is 0 Å². The zero-order valence-corrected chi connectivity index (χ0v) is 15.7. The summed E-state index contributed by atoms with van der Waals surface area (Å²) in [5, 5.41) is 5.85. The topological polar surface area (TPSA) is 61.4 Å². The van der Waals surface area contributed by atoms with Gasteiger partial charge < -0.3 is 10.6 Å². The lowest BCUT2D eigenvalue weighted by atomic mass is 9.94. The standard InChI is InChI=1S/C20H31N3O2/c1-4-15(2)21-20(25)16-10-12-17(13-11-16)22-19(24)14-23(3)18-8-6-5-7-9-18/h10-13,15,18H,4-9,14H2,1-3H3,(H,21,25)(H,22,24). The first-order chi connectivity index (χ1) is 12.0. The number of hydrogen-bond donors (Lipinski definition) is 2. The monoisotopic (exact) mass is 345 g/mol. The number of rotatable bonds is 7. The molecule has 1 atom stereocenters. The van der Waals surface area contributed by atoms with E-state index >= 15 is 0 Å². The first kappa shape index (κ1) is 19.4. The van der Waals surface area contributed by atoms with Crippen molar-refractivity contribution in [1.29, 1.82) is 0 Å². The molecule has 2 N–H and O–H groups in total.